The number of fused-ring (bicyclic) bond motifs is 1. The van der Waals surface area contributed by atoms with E-state index < -0.39 is 0 Å². The highest BCUT2D eigenvalue weighted by Gasteiger charge is 2.23. The Bertz CT molecular complexity index is 830. The van der Waals surface area contributed by atoms with E-state index in [-0.39, 0.29) is 11.8 Å². The van der Waals surface area contributed by atoms with Crippen LogP contribution in [-0.2, 0) is 16.1 Å². The summed E-state index contributed by atoms with van der Waals surface area (Å²) < 4.78 is 7.39. The van der Waals surface area contributed by atoms with Gasteiger partial charge in [-0.1, -0.05) is 31.5 Å². The van der Waals surface area contributed by atoms with Gasteiger partial charge in [-0.05, 0) is 19.3 Å². The number of morpholine rings is 1. The van der Waals surface area contributed by atoms with Gasteiger partial charge in [-0.15, -0.1) is 0 Å². The molecule has 2 fully saturated rings. The fraction of sp³-hybridized carbons (Fsp3) is 0.700. The standard InChI is InChI=1S/C20H30N6O2S/c1-2-13-29-20-23-17(25-9-11-28-12-10-25)16-14-22-26(18(16)24-20)8-7-21-19(27)15-5-3-4-6-15/h14-15H,2-13H2,1H3,(H,21,27). The monoisotopic (exact) mass is 418 g/mol. The summed E-state index contributed by atoms with van der Waals surface area (Å²) in [6, 6.07) is 0. The van der Waals surface area contributed by atoms with Crippen LogP contribution in [0.3, 0.4) is 0 Å². The van der Waals surface area contributed by atoms with Gasteiger partial charge < -0.3 is 15.0 Å². The molecule has 1 saturated carbocycles. The first-order valence-electron chi connectivity index (χ1n) is 10.7. The fourth-order valence-electron chi connectivity index (χ4n) is 3.98. The van der Waals surface area contributed by atoms with Crippen molar-refractivity contribution in [2.75, 3.05) is 43.5 Å². The van der Waals surface area contributed by atoms with E-state index in [9.17, 15) is 4.79 Å². The predicted octanol–water partition coefficient (Wildman–Crippen LogP) is 2.47. The second kappa shape index (κ2) is 9.75. The molecule has 0 radical (unpaired) electrons. The van der Waals surface area contributed by atoms with Crippen molar-refractivity contribution in [3.05, 3.63) is 6.20 Å². The molecule has 0 aromatic carbocycles. The molecular weight excluding hydrogens is 388 g/mol. The van der Waals surface area contributed by atoms with Gasteiger partial charge in [-0.3, -0.25) is 4.79 Å². The third kappa shape index (κ3) is 4.83. The number of rotatable bonds is 8. The zero-order valence-electron chi connectivity index (χ0n) is 17.1. The number of anilines is 1. The highest BCUT2D eigenvalue weighted by atomic mass is 32.2. The molecule has 1 aliphatic heterocycles. The summed E-state index contributed by atoms with van der Waals surface area (Å²) in [4.78, 5) is 24.2. The molecule has 8 nitrogen and oxygen atoms in total. The maximum atomic E-state index is 12.3. The molecule has 158 valence electrons. The van der Waals surface area contributed by atoms with Crippen molar-refractivity contribution < 1.29 is 9.53 Å². The Labute approximate surface area is 175 Å². The van der Waals surface area contributed by atoms with Crippen molar-refractivity contribution in [1.82, 2.24) is 25.1 Å². The van der Waals surface area contributed by atoms with Gasteiger partial charge in [0, 0.05) is 31.3 Å². The quantitative estimate of drug-likeness (QED) is 0.521. The van der Waals surface area contributed by atoms with E-state index in [0.717, 1.165) is 60.1 Å². The molecule has 9 heteroatoms. The molecule has 0 atom stereocenters. The number of carbonyl (C=O) groups is 1. The summed E-state index contributed by atoms with van der Waals surface area (Å²) >= 11 is 1.68. The van der Waals surface area contributed by atoms with Crippen LogP contribution in [0.2, 0.25) is 0 Å². The summed E-state index contributed by atoms with van der Waals surface area (Å²) in [6.07, 6.45) is 7.30. The van der Waals surface area contributed by atoms with E-state index in [0.29, 0.717) is 26.3 Å². The molecule has 0 unspecified atom stereocenters. The molecule has 1 amide bonds. The van der Waals surface area contributed by atoms with Gasteiger partial charge in [0.15, 0.2) is 10.8 Å². The van der Waals surface area contributed by atoms with Crippen LogP contribution in [0.25, 0.3) is 11.0 Å². The molecule has 1 aliphatic carbocycles. The minimum Gasteiger partial charge on any atom is -0.378 e. The first kappa shape index (κ1) is 20.4. The van der Waals surface area contributed by atoms with Crippen molar-refractivity contribution in [3.8, 4) is 0 Å². The van der Waals surface area contributed by atoms with Crippen molar-refractivity contribution >= 4 is 34.5 Å². The van der Waals surface area contributed by atoms with Crippen molar-refractivity contribution in [2.45, 2.75) is 50.7 Å². The van der Waals surface area contributed by atoms with E-state index in [4.69, 9.17) is 14.7 Å². The molecular formula is C20H30N6O2S. The molecule has 2 aliphatic rings. The predicted molar refractivity (Wildman–Crippen MR) is 114 cm³/mol. The Kier molecular flexibility index (Phi) is 6.86. The highest BCUT2D eigenvalue weighted by Crippen LogP contribution is 2.28. The number of nitrogens with zero attached hydrogens (tertiary/aromatic N) is 5. The van der Waals surface area contributed by atoms with Crippen LogP contribution in [0.1, 0.15) is 39.0 Å². The fourth-order valence-corrected chi connectivity index (χ4v) is 4.66. The molecule has 1 saturated heterocycles. The zero-order valence-corrected chi connectivity index (χ0v) is 17.9. The first-order chi connectivity index (χ1) is 14.3. The number of aromatic nitrogens is 4. The Morgan fingerprint density at radius 1 is 1.28 bits per heavy atom. The van der Waals surface area contributed by atoms with E-state index in [1.165, 1.54) is 12.8 Å². The maximum Gasteiger partial charge on any atom is 0.223 e. The van der Waals surface area contributed by atoms with Crippen LogP contribution >= 0.6 is 11.8 Å². The SMILES string of the molecule is CCCSc1nc(N2CCOCC2)c2cnn(CCNC(=O)C3CCCC3)c2n1. The Morgan fingerprint density at radius 3 is 2.83 bits per heavy atom. The second-order valence-electron chi connectivity index (χ2n) is 7.66. The number of thioether (sulfide) groups is 1. The van der Waals surface area contributed by atoms with Crippen LogP contribution in [0.5, 0.6) is 0 Å². The minimum atomic E-state index is 0.182. The number of ether oxygens (including phenoxy) is 1. The number of hydrogen-bond donors (Lipinski definition) is 1. The van der Waals surface area contributed by atoms with Gasteiger partial charge in [0.1, 0.15) is 5.82 Å². The smallest absolute Gasteiger partial charge is 0.223 e. The van der Waals surface area contributed by atoms with Gasteiger partial charge in [0.05, 0.1) is 31.3 Å². The highest BCUT2D eigenvalue weighted by molar-refractivity contribution is 7.99. The lowest BCUT2D eigenvalue weighted by molar-refractivity contribution is -0.124. The van der Waals surface area contributed by atoms with E-state index in [1.807, 2.05) is 10.9 Å². The Hall–Kier alpha value is -1.87. The van der Waals surface area contributed by atoms with Crippen LogP contribution in [0.4, 0.5) is 5.82 Å². The van der Waals surface area contributed by atoms with Gasteiger partial charge in [-0.2, -0.15) is 5.10 Å². The van der Waals surface area contributed by atoms with E-state index in [1.54, 1.807) is 11.8 Å². The average molecular weight is 419 g/mol. The van der Waals surface area contributed by atoms with Crippen LogP contribution < -0.4 is 10.2 Å². The number of carbonyl (C=O) groups excluding carboxylic acids is 1. The van der Waals surface area contributed by atoms with Crippen LogP contribution in [-0.4, -0.2) is 64.3 Å². The van der Waals surface area contributed by atoms with Crippen molar-refractivity contribution in [2.24, 2.45) is 5.92 Å². The van der Waals surface area contributed by atoms with Gasteiger partial charge in [-0.25, -0.2) is 14.6 Å². The summed E-state index contributed by atoms with van der Waals surface area (Å²) in [7, 11) is 0. The number of amides is 1. The summed E-state index contributed by atoms with van der Waals surface area (Å²) in [6.45, 7) is 6.42. The van der Waals surface area contributed by atoms with E-state index >= 15 is 0 Å². The lowest BCUT2D eigenvalue weighted by Crippen LogP contribution is -2.37. The number of nitrogens with one attached hydrogen (secondary N) is 1. The normalized spacial score (nSPS) is 17.9. The average Bonchev–Trinajstić information content (AvgIpc) is 3.43. The third-order valence-electron chi connectivity index (χ3n) is 5.55. The Balaban J connectivity index is 1.51. The molecule has 0 bridgehead atoms. The summed E-state index contributed by atoms with van der Waals surface area (Å²) in [5.41, 5.74) is 0.843. The summed E-state index contributed by atoms with van der Waals surface area (Å²) in [5.74, 6) is 2.30. The third-order valence-corrected chi connectivity index (χ3v) is 6.60. The lowest BCUT2D eigenvalue weighted by atomic mass is 10.1. The Morgan fingerprint density at radius 2 is 2.07 bits per heavy atom. The molecule has 29 heavy (non-hydrogen) atoms. The minimum absolute atomic E-state index is 0.182. The zero-order chi connectivity index (χ0) is 20.1. The first-order valence-corrected chi connectivity index (χ1v) is 11.7. The van der Waals surface area contributed by atoms with Gasteiger partial charge >= 0.3 is 0 Å². The molecule has 4 rings (SSSR count). The van der Waals surface area contributed by atoms with Crippen LogP contribution in [0, 0.1) is 5.92 Å². The molecule has 1 N–H and O–H groups in total. The molecule has 0 spiro atoms. The lowest BCUT2D eigenvalue weighted by Gasteiger charge is -2.28. The second-order valence-corrected chi connectivity index (χ2v) is 8.72. The van der Waals surface area contributed by atoms with Crippen molar-refractivity contribution in [3.63, 3.8) is 0 Å². The van der Waals surface area contributed by atoms with Crippen LogP contribution in [0.15, 0.2) is 11.4 Å². The largest absolute Gasteiger partial charge is 0.378 e. The molecule has 3 heterocycles. The molecule has 2 aromatic rings. The van der Waals surface area contributed by atoms with E-state index in [2.05, 4.69) is 22.2 Å². The van der Waals surface area contributed by atoms with Gasteiger partial charge in [0.25, 0.3) is 0 Å². The van der Waals surface area contributed by atoms with Gasteiger partial charge in [0.2, 0.25) is 5.91 Å². The molecule has 2 aromatic heterocycles. The van der Waals surface area contributed by atoms with Crippen molar-refractivity contribution in [1.29, 1.82) is 0 Å². The summed E-state index contributed by atoms with van der Waals surface area (Å²) in [5, 5.41) is 9.40. The number of hydrogen-bond acceptors (Lipinski definition) is 7. The topological polar surface area (TPSA) is 85.2 Å². The maximum absolute atomic E-state index is 12.3.